The van der Waals surface area contributed by atoms with Crippen molar-refractivity contribution in [1.29, 1.82) is 0 Å². The Balaban J connectivity index is 1.81. The third-order valence-corrected chi connectivity index (χ3v) is 4.36. The highest BCUT2D eigenvalue weighted by Gasteiger charge is 2.13. The molecule has 0 fully saturated rings. The molecule has 0 aliphatic rings. The van der Waals surface area contributed by atoms with E-state index in [1.54, 1.807) is 0 Å². The van der Waals surface area contributed by atoms with E-state index in [1.165, 1.54) is 16.7 Å². The lowest BCUT2D eigenvalue weighted by Crippen LogP contribution is -2.05. The van der Waals surface area contributed by atoms with E-state index >= 15 is 0 Å². The van der Waals surface area contributed by atoms with E-state index in [1.807, 2.05) is 19.1 Å². The van der Waals surface area contributed by atoms with Gasteiger partial charge in [0.2, 0.25) is 0 Å². The number of hydrogen-bond acceptors (Lipinski definition) is 2. The highest BCUT2D eigenvalue weighted by molar-refractivity contribution is 5.77. The average Bonchev–Trinajstić information content (AvgIpc) is 2.91. The second-order valence-electron chi connectivity index (χ2n) is 6.56. The van der Waals surface area contributed by atoms with Gasteiger partial charge >= 0.3 is 0 Å². The van der Waals surface area contributed by atoms with Gasteiger partial charge in [0.1, 0.15) is 11.6 Å². The molecule has 0 saturated carbocycles. The van der Waals surface area contributed by atoms with Crippen LogP contribution >= 0.6 is 0 Å². The van der Waals surface area contributed by atoms with E-state index in [0.29, 0.717) is 5.92 Å². The summed E-state index contributed by atoms with van der Waals surface area (Å²) in [6.45, 7) is 10.6. The van der Waals surface area contributed by atoms with Gasteiger partial charge in [-0.3, -0.25) is 0 Å². The van der Waals surface area contributed by atoms with Gasteiger partial charge in [0.05, 0.1) is 11.0 Å². The summed E-state index contributed by atoms with van der Waals surface area (Å²) in [5.74, 6) is 2.26. The van der Waals surface area contributed by atoms with E-state index in [2.05, 4.69) is 61.9 Å². The van der Waals surface area contributed by atoms with Crippen LogP contribution in [0.3, 0.4) is 0 Å². The quantitative estimate of drug-likeness (QED) is 0.696. The third-order valence-electron chi connectivity index (χ3n) is 4.36. The number of hydrogen-bond donors (Lipinski definition) is 1. The van der Waals surface area contributed by atoms with Crippen LogP contribution in [0.2, 0.25) is 0 Å². The van der Waals surface area contributed by atoms with Crippen LogP contribution in [0.25, 0.3) is 11.0 Å². The second-order valence-corrected chi connectivity index (χ2v) is 6.56. The van der Waals surface area contributed by atoms with Crippen LogP contribution in [0.5, 0.6) is 5.75 Å². The molecule has 0 unspecified atom stereocenters. The molecule has 3 aromatic rings. The number of aromatic nitrogens is 2. The third kappa shape index (κ3) is 3.24. The normalized spacial score (nSPS) is 12.8. The smallest absolute Gasteiger partial charge is 0.153 e. The Bertz CT molecular complexity index is 777. The summed E-state index contributed by atoms with van der Waals surface area (Å²) in [6.07, 6.45) is -0.118. The molecule has 23 heavy (non-hydrogen) atoms. The summed E-state index contributed by atoms with van der Waals surface area (Å²) in [6, 6.07) is 12.6. The van der Waals surface area contributed by atoms with Gasteiger partial charge in [0, 0.05) is 0 Å². The summed E-state index contributed by atoms with van der Waals surface area (Å²) in [7, 11) is 0. The zero-order chi connectivity index (χ0) is 16.6. The molecule has 2 aromatic carbocycles. The van der Waals surface area contributed by atoms with Gasteiger partial charge in [-0.25, -0.2) is 4.98 Å². The van der Waals surface area contributed by atoms with Crippen molar-refractivity contribution in [2.75, 3.05) is 0 Å². The van der Waals surface area contributed by atoms with Gasteiger partial charge in [-0.05, 0) is 67.6 Å². The summed E-state index contributed by atoms with van der Waals surface area (Å²) in [5, 5.41) is 0. The van der Waals surface area contributed by atoms with Crippen molar-refractivity contribution in [3.8, 4) is 5.75 Å². The molecule has 120 valence electrons. The molecule has 0 aliphatic heterocycles. The highest BCUT2D eigenvalue weighted by Crippen LogP contribution is 2.25. The molecule has 1 atom stereocenters. The maximum atomic E-state index is 6.03. The van der Waals surface area contributed by atoms with Crippen molar-refractivity contribution in [2.24, 2.45) is 0 Å². The van der Waals surface area contributed by atoms with Crippen LogP contribution in [-0.4, -0.2) is 9.97 Å². The Labute approximate surface area is 137 Å². The van der Waals surface area contributed by atoms with E-state index in [-0.39, 0.29) is 6.10 Å². The molecule has 1 heterocycles. The Morgan fingerprint density at radius 2 is 1.61 bits per heavy atom. The van der Waals surface area contributed by atoms with Crippen molar-refractivity contribution in [3.63, 3.8) is 0 Å². The molecule has 0 aliphatic carbocycles. The lowest BCUT2D eigenvalue weighted by Gasteiger charge is -2.13. The fourth-order valence-corrected chi connectivity index (χ4v) is 2.67. The van der Waals surface area contributed by atoms with Gasteiger partial charge in [-0.2, -0.15) is 0 Å². The van der Waals surface area contributed by atoms with E-state index in [4.69, 9.17) is 4.74 Å². The first-order valence-electron chi connectivity index (χ1n) is 8.17. The molecule has 3 nitrogen and oxygen atoms in total. The van der Waals surface area contributed by atoms with Gasteiger partial charge in [-0.1, -0.05) is 26.0 Å². The molecule has 0 bridgehead atoms. The molecule has 1 aromatic heterocycles. The number of ether oxygens (including phenoxy) is 1. The number of H-pyrrole nitrogens is 1. The molecule has 0 radical (unpaired) electrons. The monoisotopic (exact) mass is 308 g/mol. The molecule has 1 N–H and O–H groups in total. The topological polar surface area (TPSA) is 37.9 Å². The Kier molecular flexibility index (Phi) is 4.12. The average molecular weight is 308 g/mol. The van der Waals surface area contributed by atoms with E-state index in [9.17, 15) is 0 Å². The van der Waals surface area contributed by atoms with Crippen molar-refractivity contribution in [2.45, 2.75) is 46.6 Å². The largest absolute Gasteiger partial charge is 0.483 e. The van der Waals surface area contributed by atoms with Gasteiger partial charge in [-0.15, -0.1) is 0 Å². The van der Waals surface area contributed by atoms with Crippen LogP contribution in [0.15, 0.2) is 36.4 Å². The van der Waals surface area contributed by atoms with E-state index < -0.39 is 0 Å². The van der Waals surface area contributed by atoms with E-state index in [0.717, 1.165) is 22.6 Å². The minimum absolute atomic E-state index is 0.118. The maximum Gasteiger partial charge on any atom is 0.153 e. The van der Waals surface area contributed by atoms with Gasteiger partial charge < -0.3 is 9.72 Å². The standard InChI is InChI=1S/C20H24N2O/c1-12(2)16-6-8-17(9-7-16)23-15(5)20-21-18-10-13(3)14(4)11-19(18)22-20/h6-12,15H,1-5H3,(H,21,22)/t15-/m0/s1. The summed E-state index contributed by atoms with van der Waals surface area (Å²) in [5.41, 5.74) is 5.90. The SMILES string of the molecule is Cc1cc2nc([C@H](C)Oc3ccc(C(C)C)cc3)[nH]c2cc1C. The van der Waals surface area contributed by atoms with Crippen LogP contribution in [-0.2, 0) is 0 Å². The first-order valence-corrected chi connectivity index (χ1v) is 8.17. The molecule has 0 spiro atoms. The lowest BCUT2D eigenvalue weighted by atomic mass is 10.0. The fraction of sp³-hybridized carbons (Fsp3) is 0.350. The number of fused-ring (bicyclic) bond motifs is 1. The Morgan fingerprint density at radius 1 is 0.957 bits per heavy atom. The zero-order valence-corrected chi connectivity index (χ0v) is 14.5. The van der Waals surface area contributed by atoms with Gasteiger partial charge in [0.25, 0.3) is 0 Å². The number of aryl methyl sites for hydroxylation is 2. The lowest BCUT2D eigenvalue weighted by molar-refractivity contribution is 0.218. The van der Waals surface area contributed by atoms with Gasteiger partial charge in [0.15, 0.2) is 6.10 Å². The van der Waals surface area contributed by atoms with Crippen LogP contribution < -0.4 is 4.74 Å². The van der Waals surface area contributed by atoms with Crippen molar-refractivity contribution in [1.82, 2.24) is 9.97 Å². The molecule has 3 rings (SSSR count). The second kappa shape index (κ2) is 6.07. The summed E-state index contributed by atoms with van der Waals surface area (Å²) >= 11 is 0. The Hall–Kier alpha value is -2.29. The molecular weight excluding hydrogens is 284 g/mol. The number of imidazole rings is 1. The molecular formula is C20H24N2O. The van der Waals surface area contributed by atoms with Crippen LogP contribution in [0, 0.1) is 13.8 Å². The number of benzene rings is 2. The number of aromatic amines is 1. The van der Waals surface area contributed by atoms with Crippen LogP contribution in [0.1, 0.15) is 55.3 Å². The summed E-state index contributed by atoms with van der Waals surface area (Å²) < 4.78 is 6.03. The number of nitrogens with zero attached hydrogens (tertiary/aromatic N) is 1. The number of nitrogens with one attached hydrogen (secondary N) is 1. The first-order chi connectivity index (χ1) is 10.9. The minimum Gasteiger partial charge on any atom is -0.483 e. The molecule has 3 heteroatoms. The van der Waals surface area contributed by atoms with Crippen molar-refractivity contribution < 1.29 is 4.74 Å². The van der Waals surface area contributed by atoms with Crippen molar-refractivity contribution in [3.05, 3.63) is 58.9 Å². The summed E-state index contributed by atoms with van der Waals surface area (Å²) in [4.78, 5) is 8.05. The molecule has 0 amide bonds. The Morgan fingerprint density at radius 3 is 2.26 bits per heavy atom. The van der Waals surface area contributed by atoms with Crippen LogP contribution in [0.4, 0.5) is 0 Å². The first kappa shape index (κ1) is 15.6. The fourth-order valence-electron chi connectivity index (χ4n) is 2.67. The molecule has 0 saturated heterocycles. The van der Waals surface area contributed by atoms with Crippen molar-refractivity contribution >= 4 is 11.0 Å². The maximum absolute atomic E-state index is 6.03. The number of rotatable bonds is 4. The zero-order valence-electron chi connectivity index (χ0n) is 14.5. The predicted octanol–water partition coefficient (Wildman–Crippen LogP) is 5.44. The highest BCUT2D eigenvalue weighted by atomic mass is 16.5. The predicted molar refractivity (Wildman–Crippen MR) is 95.1 cm³/mol. The minimum atomic E-state index is -0.118.